The summed E-state index contributed by atoms with van der Waals surface area (Å²) in [5.41, 5.74) is 1.21. The number of likely N-dealkylation sites (tertiary alicyclic amines) is 1. The van der Waals surface area contributed by atoms with Crippen molar-refractivity contribution in [2.45, 2.75) is 13.0 Å². The zero-order chi connectivity index (χ0) is 13.8. The molecule has 1 aliphatic heterocycles. The van der Waals surface area contributed by atoms with Gasteiger partial charge in [0.05, 0.1) is 6.61 Å². The molecule has 0 bridgehead atoms. The fraction of sp³-hybridized carbons (Fsp3) is 0.438. The highest BCUT2D eigenvalue weighted by Gasteiger charge is 2.22. The minimum Gasteiger partial charge on any atom is -0.384 e. The van der Waals surface area contributed by atoms with E-state index < -0.39 is 0 Å². The van der Waals surface area contributed by atoms with Gasteiger partial charge < -0.3 is 4.74 Å². The van der Waals surface area contributed by atoms with Gasteiger partial charge >= 0.3 is 0 Å². The van der Waals surface area contributed by atoms with Gasteiger partial charge in [0.15, 0.2) is 0 Å². The number of nitrogens with zero attached hydrogens (tertiary/aromatic N) is 2. The van der Waals surface area contributed by atoms with E-state index in [4.69, 9.17) is 4.74 Å². The summed E-state index contributed by atoms with van der Waals surface area (Å²) in [4.78, 5) is 8.41. The summed E-state index contributed by atoms with van der Waals surface area (Å²) in [6.45, 7) is 4.22. The Kier molecular flexibility index (Phi) is 4.45. The van der Waals surface area contributed by atoms with Crippen molar-refractivity contribution in [2.75, 3.05) is 26.8 Å². The molecule has 4 heteroatoms. The zero-order valence-electron chi connectivity index (χ0n) is 11.8. The van der Waals surface area contributed by atoms with Crippen LogP contribution in [0.5, 0.6) is 0 Å². The van der Waals surface area contributed by atoms with Gasteiger partial charge in [-0.25, -0.2) is 4.98 Å². The molecule has 3 rings (SSSR count). The van der Waals surface area contributed by atoms with Crippen LogP contribution in [0.15, 0.2) is 36.5 Å². The SMILES string of the molecule is COC[C@H]1CCN(Cc2cnc(-c3ccccc3)s2)C1. The number of ether oxygens (including phenoxy) is 1. The van der Waals surface area contributed by atoms with Crippen LogP contribution in [0, 0.1) is 5.92 Å². The predicted octanol–water partition coefficient (Wildman–Crippen LogP) is 3.28. The highest BCUT2D eigenvalue weighted by molar-refractivity contribution is 7.15. The monoisotopic (exact) mass is 288 g/mol. The first kappa shape index (κ1) is 13.7. The third kappa shape index (κ3) is 3.26. The molecule has 0 radical (unpaired) electrons. The molecule has 1 aromatic carbocycles. The molecular formula is C16H20N2OS. The van der Waals surface area contributed by atoms with E-state index in [-0.39, 0.29) is 0 Å². The highest BCUT2D eigenvalue weighted by atomic mass is 32.1. The fourth-order valence-corrected chi connectivity index (χ4v) is 3.70. The van der Waals surface area contributed by atoms with Gasteiger partial charge in [0.2, 0.25) is 0 Å². The number of hydrogen-bond donors (Lipinski definition) is 0. The Morgan fingerprint density at radius 2 is 2.20 bits per heavy atom. The molecule has 1 atom stereocenters. The van der Waals surface area contributed by atoms with Crippen LogP contribution in [-0.2, 0) is 11.3 Å². The van der Waals surface area contributed by atoms with Crippen LogP contribution in [0.25, 0.3) is 10.6 Å². The van der Waals surface area contributed by atoms with Gasteiger partial charge in [-0.3, -0.25) is 4.90 Å². The van der Waals surface area contributed by atoms with Gasteiger partial charge in [0.1, 0.15) is 5.01 Å². The Morgan fingerprint density at radius 1 is 1.35 bits per heavy atom. The number of hydrogen-bond acceptors (Lipinski definition) is 4. The lowest BCUT2D eigenvalue weighted by Crippen LogP contribution is -2.20. The Bertz CT molecular complexity index is 540. The molecule has 1 fully saturated rings. The lowest BCUT2D eigenvalue weighted by Gasteiger charge is -2.14. The molecule has 2 heterocycles. The van der Waals surface area contributed by atoms with Crippen molar-refractivity contribution in [3.8, 4) is 10.6 Å². The molecule has 0 N–H and O–H groups in total. The lowest BCUT2D eigenvalue weighted by molar-refractivity contribution is 0.153. The second kappa shape index (κ2) is 6.48. The summed E-state index contributed by atoms with van der Waals surface area (Å²) < 4.78 is 5.25. The number of methoxy groups -OCH3 is 1. The first-order valence-electron chi connectivity index (χ1n) is 7.06. The molecule has 20 heavy (non-hydrogen) atoms. The fourth-order valence-electron chi connectivity index (χ4n) is 2.74. The van der Waals surface area contributed by atoms with E-state index in [0.717, 1.165) is 24.7 Å². The highest BCUT2D eigenvalue weighted by Crippen LogP contribution is 2.27. The third-order valence-corrected chi connectivity index (χ3v) is 4.76. The molecule has 0 spiro atoms. The summed E-state index contributed by atoms with van der Waals surface area (Å²) in [5.74, 6) is 0.696. The smallest absolute Gasteiger partial charge is 0.123 e. The van der Waals surface area contributed by atoms with Crippen LogP contribution in [-0.4, -0.2) is 36.7 Å². The average molecular weight is 288 g/mol. The van der Waals surface area contributed by atoms with Crippen LogP contribution in [0.2, 0.25) is 0 Å². The standard InChI is InChI=1S/C16H20N2OS/c1-19-12-13-7-8-18(10-13)11-15-9-17-16(20-15)14-5-3-2-4-6-14/h2-6,9,13H,7-8,10-12H2,1H3/t13-/m0/s1. The third-order valence-electron chi connectivity index (χ3n) is 3.73. The molecule has 1 saturated heterocycles. The molecule has 106 valence electrons. The molecule has 0 unspecified atom stereocenters. The maximum atomic E-state index is 5.25. The van der Waals surface area contributed by atoms with Crippen molar-refractivity contribution >= 4 is 11.3 Å². The van der Waals surface area contributed by atoms with Crippen molar-refractivity contribution in [1.82, 2.24) is 9.88 Å². The Labute approximate surface area is 124 Å². The first-order chi connectivity index (χ1) is 9.85. The van der Waals surface area contributed by atoms with Crippen molar-refractivity contribution in [2.24, 2.45) is 5.92 Å². The van der Waals surface area contributed by atoms with Gasteiger partial charge in [-0.05, 0) is 18.9 Å². The van der Waals surface area contributed by atoms with Crippen molar-refractivity contribution in [1.29, 1.82) is 0 Å². The number of rotatable bonds is 5. The van der Waals surface area contributed by atoms with Gasteiger partial charge in [-0.1, -0.05) is 30.3 Å². The molecule has 0 aliphatic carbocycles. The summed E-state index contributed by atoms with van der Waals surface area (Å²) in [6, 6.07) is 10.4. The first-order valence-corrected chi connectivity index (χ1v) is 7.88. The molecular weight excluding hydrogens is 268 g/mol. The van der Waals surface area contributed by atoms with E-state index in [0.29, 0.717) is 5.92 Å². The van der Waals surface area contributed by atoms with Gasteiger partial charge in [0, 0.05) is 36.8 Å². The number of thiazole rings is 1. The van der Waals surface area contributed by atoms with Crippen LogP contribution >= 0.6 is 11.3 Å². The van der Waals surface area contributed by atoms with Gasteiger partial charge in [0.25, 0.3) is 0 Å². The Morgan fingerprint density at radius 3 is 3.00 bits per heavy atom. The van der Waals surface area contributed by atoms with Crippen LogP contribution in [0.3, 0.4) is 0 Å². The zero-order valence-corrected chi connectivity index (χ0v) is 12.6. The van der Waals surface area contributed by atoms with E-state index in [2.05, 4.69) is 34.1 Å². The minimum atomic E-state index is 0.696. The van der Waals surface area contributed by atoms with E-state index in [1.54, 1.807) is 18.4 Å². The van der Waals surface area contributed by atoms with Crippen molar-refractivity contribution < 1.29 is 4.74 Å². The van der Waals surface area contributed by atoms with E-state index in [1.807, 2.05) is 12.3 Å². The number of benzene rings is 1. The number of aromatic nitrogens is 1. The van der Waals surface area contributed by atoms with Gasteiger partial charge in [-0.2, -0.15) is 0 Å². The second-order valence-corrected chi connectivity index (χ2v) is 6.46. The summed E-state index contributed by atoms with van der Waals surface area (Å²) in [6.07, 6.45) is 3.27. The van der Waals surface area contributed by atoms with E-state index in [9.17, 15) is 0 Å². The maximum absolute atomic E-state index is 5.25. The Hall–Kier alpha value is -1.23. The molecule has 2 aromatic rings. The summed E-state index contributed by atoms with van der Waals surface area (Å²) >= 11 is 1.80. The Balaban J connectivity index is 1.61. The van der Waals surface area contributed by atoms with Crippen LogP contribution in [0.4, 0.5) is 0 Å². The largest absolute Gasteiger partial charge is 0.384 e. The van der Waals surface area contributed by atoms with E-state index in [1.165, 1.54) is 23.4 Å². The predicted molar refractivity (Wildman–Crippen MR) is 82.8 cm³/mol. The van der Waals surface area contributed by atoms with E-state index >= 15 is 0 Å². The van der Waals surface area contributed by atoms with Crippen molar-refractivity contribution in [3.63, 3.8) is 0 Å². The van der Waals surface area contributed by atoms with Gasteiger partial charge in [-0.15, -0.1) is 11.3 Å². The molecule has 0 amide bonds. The normalized spacial score (nSPS) is 19.6. The molecule has 1 aromatic heterocycles. The van der Waals surface area contributed by atoms with Crippen molar-refractivity contribution in [3.05, 3.63) is 41.4 Å². The quantitative estimate of drug-likeness (QED) is 0.844. The molecule has 0 saturated carbocycles. The second-order valence-electron chi connectivity index (χ2n) is 5.34. The lowest BCUT2D eigenvalue weighted by atomic mass is 10.1. The topological polar surface area (TPSA) is 25.4 Å². The van der Waals surface area contributed by atoms with Crippen LogP contribution in [0.1, 0.15) is 11.3 Å². The average Bonchev–Trinajstić information content (AvgIpc) is 3.11. The molecule has 3 nitrogen and oxygen atoms in total. The summed E-state index contributed by atoms with van der Waals surface area (Å²) in [5, 5.41) is 1.12. The summed E-state index contributed by atoms with van der Waals surface area (Å²) in [7, 11) is 1.79. The minimum absolute atomic E-state index is 0.696. The molecule has 1 aliphatic rings. The maximum Gasteiger partial charge on any atom is 0.123 e. The van der Waals surface area contributed by atoms with Crippen LogP contribution < -0.4 is 0 Å².